The van der Waals surface area contributed by atoms with Gasteiger partial charge < -0.3 is 5.11 Å². The molecule has 0 fully saturated rings. The molecule has 0 atom stereocenters. The molecular formula is C9H10GaO2. The molecule has 0 unspecified atom stereocenters. The van der Waals surface area contributed by atoms with Crippen molar-refractivity contribution in [1.29, 1.82) is 0 Å². The maximum absolute atomic E-state index is 10.6. The molecule has 3 radical (unpaired) electrons. The molecule has 0 bridgehead atoms. The van der Waals surface area contributed by atoms with Gasteiger partial charge in [0.15, 0.2) is 0 Å². The number of carbonyl (C=O) groups is 1. The molecule has 0 spiro atoms. The van der Waals surface area contributed by atoms with Gasteiger partial charge in [0.1, 0.15) is 0 Å². The fourth-order valence-corrected chi connectivity index (χ4v) is 0.983. The van der Waals surface area contributed by atoms with Gasteiger partial charge in [-0.2, -0.15) is 0 Å². The molecule has 1 aromatic carbocycles. The summed E-state index contributed by atoms with van der Waals surface area (Å²) < 4.78 is 0. The minimum absolute atomic E-state index is 0. The van der Waals surface area contributed by atoms with E-state index in [1.165, 1.54) is 0 Å². The zero-order valence-corrected chi connectivity index (χ0v) is 9.59. The second-order valence-electron chi connectivity index (χ2n) is 2.55. The zero-order valence-electron chi connectivity index (χ0n) is 7.16. The third kappa shape index (κ3) is 2.15. The van der Waals surface area contributed by atoms with Crippen LogP contribution in [0.2, 0.25) is 0 Å². The molecule has 12 heavy (non-hydrogen) atoms. The van der Waals surface area contributed by atoms with Crippen molar-refractivity contribution in [2.45, 2.75) is 13.8 Å². The Bertz CT molecular complexity index is 295. The molecule has 0 aliphatic rings. The van der Waals surface area contributed by atoms with Gasteiger partial charge in [0.05, 0.1) is 5.56 Å². The molecule has 61 valence electrons. The summed E-state index contributed by atoms with van der Waals surface area (Å²) in [5.41, 5.74) is 2.26. The molecular weight excluding hydrogens is 210 g/mol. The molecule has 2 nitrogen and oxygen atoms in total. The molecule has 1 rings (SSSR count). The molecule has 1 N–H and O–H groups in total. The van der Waals surface area contributed by atoms with E-state index in [2.05, 4.69) is 0 Å². The number of rotatable bonds is 1. The van der Waals surface area contributed by atoms with Gasteiger partial charge in [-0.15, -0.1) is 0 Å². The number of benzene rings is 1. The van der Waals surface area contributed by atoms with E-state index in [0.717, 1.165) is 11.1 Å². The predicted molar refractivity (Wildman–Crippen MR) is 48.6 cm³/mol. The number of aryl methyl sites for hydroxylation is 1. The van der Waals surface area contributed by atoms with E-state index in [0.29, 0.717) is 5.56 Å². The van der Waals surface area contributed by atoms with Crippen molar-refractivity contribution in [1.82, 2.24) is 0 Å². The first-order valence-corrected chi connectivity index (χ1v) is 3.42. The van der Waals surface area contributed by atoms with Gasteiger partial charge in [0.2, 0.25) is 0 Å². The topological polar surface area (TPSA) is 37.3 Å². The Morgan fingerprint density at radius 2 is 1.92 bits per heavy atom. The van der Waals surface area contributed by atoms with Gasteiger partial charge >= 0.3 is 5.97 Å². The van der Waals surface area contributed by atoms with Crippen LogP contribution >= 0.6 is 0 Å². The molecule has 0 saturated carbocycles. The number of hydrogen-bond donors (Lipinski definition) is 1. The number of carboxylic acid groups (broad SMARTS) is 1. The Morgan fingerprint density at radius 1 is 1.33 bits per heavy atom. The summed E-state index contributed by atoms with van der Waals surface area (Å²) in [5.74, 6) is -0.855. The monoisotopic (exact) mass is 219 g/mol. The van der Waals surface area contributed by atoms with Crippen LogP contribution in [0.1, 0.15) is 21.5 Å². The van der Waals surface area contributed by atoms with E-state index >= 15 is 0 Å². The van der Waals surface area contributed by atoms with Gasteiger partial charge in [0.25, 0.3) is 0 Å². The van der Waals surface area contributed by atoms with Gasteiger partial charge in [-0.3, -0.25) is 0 Å². The first kappa shape index (κ1) is 11.3. The van der Waals surface area contributed by atoms with Crippen molar-refractivity contribution >= 4 is 25.8 Å². The third-order valence-corrected chi connectivity index (χ3v) is 1.84. The molecule has 0 aromatic heterocycles. The largest absolute Gasteiger partial charge is 0.478 e. The molecule has 0 heterocycles. The summed E-state index contributed by atoms with van der Waals surface area (Å²) in [6.07, 6.45) is 0. The van der Waals surface area contributed by atoms with Crippen molar-refractivity contribution in [3.63, 3.8) is 0 Å². The number of carboxylic acids is 1. The van der Waals surface area contributed by atoms with Crippen LogP contribution in [0, 0.1) is 13.8 Å². The van der Waals surface area contributed by atoms with E-state index in [4.69, 9.17) is 5.11 Å². The van der Waals surface area contributed by atoms with Crippen LogP contribution in [0.5, 0.6) is 0 Å². The van der Waals surface area contributed by atoms with E-state index < -0.39 is 5.97 Å². The standard InChI is InChI=1S/C9H10O2.Ga/c1-6-4-3-5-8(7(6)2)9(10)11;/h3-5H,1-2H3,(H,10,11);. The summed E-state index contributed by atoms with van der Waals surface area (Å²) >= 11 is 0. The molecule has 0 saturated heterocycles. The summed E-state index contributed by atoms with van der Waals surface area (Å²) in [5, 5.41) is 8.69. The van der Waals surface area contributed by atoms with E-state index in [1.54, 1.807) is 12.1 Å². The normalized spacial score (nSPS) is 8.83. The fraction of sp³-hybridized carbons (Fsp3) is 0.222. The number of aromatic carboxylic acids is 1. The van der Waals surface area contributed by atoms with Gasteiger partial charge in [-0.05, 0) is 31.0 Å². The smallest absolute Gasteiger partial charge is 0.335 e. The zero-order chi connectivity index (χ0) is 8.43. The first-order chi connectivity index (χ1) is 5.13. The molecule has 0 aliphatic heterocycles. The van der Waals surface area contributed by atoms with Crippen molar-refractivity contribution in [2.24, 2.45) is 0 Å². The predicted octanol–water partition coefficient (Wildman–Crippen LogP) is 1.62. The average molecular weight is 220 g/mol. The Morgan fingerprint density at radius 3 is 2.33 bits per heavy atom. The molecule has 0 aliphatic carbocycles. The van der Waals surface area contributed by atoms with Gasteiger partial charge in [-0.1, -0.05) is 12.1 Å². The van der Waals surface area contributed by atoms with Gasteiger partial charge in [-0.25, -0.2) is 4.79 Å². The van der Waals surface area contributed by atoms with Crippen molar-refractivity contribution in [3.05, 3.63) is 34.9 Å². The first-order valence-electron chi connectivity index (χ1n) is 3.42. The second-order valence-corrected chi connectivity index (χ2v) is 2.55. The Balaban J connectivity index is 0.00000121. The minimum Gasteiger partial charge on any atom is -0.478 e. The minimum atomic E-state index is -0.855. The van der Waals surface area contributed by atoms with Crippen molar-refractivity contribution in [2.75, 3.05) is 0 Å². The van der Waals surface area contributed by atoms with Crippen LogP contribution in [-0.2, 0) is 0 Å². The maximum atomic E-state index is 10.6. The second kappa shape index (κ2) is 4.38. The van der Waals surface area contributed by atoms with Gasteiger partial charge in [0, 0.05) is 19.8 Å². The molecule has 1 aromatic rings. The number of hydrogen-bond acceptors (Lipinski definition) is 1. The van der Waals surface area contributed by atoms with E-state index in [1.807, 2.05) is 19.9 Å². The van der Waals surface area contributed by atoms with E-state index in [9.17, 15) is 4.79 Å². The Kier molecular flexibility index (Phi) is 4.13. The average Bonchev–Trinajstić information content (AvgIpc) is 1.94. The Labute approximate surface area is 84.7 Å². The SMILES string of the molecule is Cc1cccc(C(=O)O)c1C.[Ga]. The Hall–Kier alpha value is -0.674. The van der Waals surface area contributed by atoms with Crippen LogP contribution in [0.3, 0.4) is 0 Å². The van der Waals surface area contributed by atoms with Crippen molar-refractivity contribution in [3.8, 4) is 0 Å². The van der Waals surface area contributed by atoms with Crippen LogP contribution in [-0.4, -0.2) is 30.9 Å². The van der Waals surface area contributed by atoms with Crippen LogP contribution in [0.25, 0.3) is 0 Å². The fourth-order valence-electron chi connectivity index (χ4n) is 0.983. The summed E-state index contributed by atoms with van der Waals surface area (Å²) in [7, 11) is 0. The maximum Gasteiger partial charge on any atom is 0.335 e. The summed E-state index contributed by atoms with van der Waals surface area (Å²) in [6.45, 7) is 3.72. The van der Waals surface area contributed by atoms with Crippen LogP contribution in [0.4, 0.5) is 0 Å². The third-order valence-electron chi connectivity index (χ3n) is 1.84. The molecule has 0 amide bonds. The quantitative estimate of drug-likeness (QED) is 0.730. The molecule has 3 heteroatoms. The summed E-state index contributed by atoms with van der Waals surface area (Å²) in [6, 6.07) is 5.28. The van der Waals surface area contributed by atoms with Crippen LogP contribution < -0.4 is 0 Å². The summed E-state index contributed by atoms with van der Waals surface area (Å²) in [4.78, 5) is 10.6. The van der Waals surface area contributed by atoms with Crippen LogP contribution in [0.15, 0.2) is 18.2 Å². The van der Waals surface area contributed by atoms with Crippen molar-refractivity contribution < 1.29 is 9.90 Å². The van der Waals surface area contributed by atoms with E-state index in [-0.39, 0.29) is 19.8 Å².